The van der Waals surface area contributed by atoms with Gasteiger partial charge in [0.15, 0.2) is 0 Å². The molecule has 3 rings (SSSR count). The number of aromatic nitrogens is 4. The van der Waals surface area contributed by atoms with Crippen molar-refractivity contribution in [2.24, 2.45) is 0 Å². The Morgan fingerprint density at radius 3 is 2.94 bits per heavy atom. The Morgan fingerprint density at radius 2 is 2.12 bits per heavy atom. The number of rotatable bonds is 2. The van der Waals surface area contributed by atoms with Crippen molar-refractivity contribution < 1.29 is 0 Å². The van der Waals surface area contributed by atoms with E-state index in [9.17, 15) is 0 Å². The smallest absolute Gasteiger partial charge is 0.137 e. The fourth-order valence-electron chi connectivity index (χ4n) is 1.52. The normalized spacial score (nSPS) is 10.2. The lowest BCUT2D eigenvalue weighted by Gasteiger charge is -1.96. The highest BCUT2D eigenvalue weighted by atomic mass is 35.5. The number of hydrogen-bond acceptors (Lipinski definition) is 4. The molecule has 0 aliphatic heterocycles. The summed E-state index contributed by atoms with van der Waals surface area (Å²) in [6.45, 7) is 0.685. The van der Waals surface area contributed by atoms with Crippen LogP contribution in [0.25, 0.3) is 10.1 Å². The number of halogens is 1. The van der Waals surface area contributed by atoms with E-state index in [0.717, 1.165) is 5.69 Å². The molecule has 0 unspecified atom stereocenters. The van der Waals surface area contributed by atoms with Gasteiger partial charge in [-0.2, -0.15) is 9.47 Å². The number of hydrogen-bond donors (Lipinski definition) is 0. The standard InChI is InChI=1S/C10H8N4S.ClH/c1-2-4-10-8(3-1)9(13-15-10)5-14-7-11-6-12-14;/h1-4,6-7H,5H2;1H. The average Bonchev–Trinajstić information content (AvgIpc) is 2.89. The van der Waals surface area contributed by atoms with E-state index < -0.39 is 0 Å². The molecule has 6 heteroatoms. The van der Waals surface area contributed by atoms with Crippen LogP contribution >= 0.6 is 23.9 Å². The van der Waals surface area contributed by atoms with Crippen molar-refractivity contribution in [1.82, 2.24) is 19.1 Å². The monoisotopic (exact) mass is 252 g/mol. The van der Waals surface area contributed by atoms with Crippen LogP contribution in [0.1, 0.15) is 5.69 Å². The largest absolute Gasteiger partial charge is 0.247 e. The maximum atomic E-state index is 4.42. The van der Waals surface area contributed by atoms with Crippen molar-refractivity contribution >= 4 is 34.0 Å². The van der Waals surface area contributed by atoms with Gasteiger partial charge in [0.25, 0.3) is 0 Å². The molecule has 0 bridgehead atoms. The van der Waals surface area contributed by atoms with Gasteiger partial charge in [0.1, 0.15) is 12.7 Å². The average molecular weight is 253 g/mol. The third-order valence-corrected chi connectivity index (χ3v) is 3.09. The molecular formula is C10H9ClN4S. The summed E-state index contributed by atoms with van der Waals surface area (Å²) in [5.74, 6) is 0. The lowest BCUT2D eigenvalue weighted by atomic mass is 10.2. The van der Waals surface area contributed by atoms with Crippen LogP contribution in [0.3, 0.4) is 0 Å². The summed E-state index contributed by atoms with van der Waals surface area (Å²) in [5, 5.41) is 5.27. The lowest BCUT2D eigenvalue weighted by Crippen LogP contribution is -2.00. The highest BCUT2D eigenvalue weighted by molar-refractivity contribution is 7.13. The second-order valence-electron chi connectivity index (χ2n) is 3.22. The van der Waals surface area contributed by atoms with Crippen LogP contribution in [0, 0.1) is 0 Å². The minimum atomic E-state index is 0. The predicted molar refractivity (Wildman–Crippen MR) is 66.0 cm³/mol. The van der Waals surface area contributed by atoms with Gasteiger partial charge in [0.2, 0.25) is 0 Å². The molecule has 0 amide bonds. The van der Waals surface area contributed by atoms with Crippen LogP contribution in [0.5, 0.6) is 0 Å². The van der Waals surface area contributed by atoms with Crippen LogP contribution in [0.2, 0.25) is 0 Å². The van der Waals surface area contributed by atoms with Crippen molar-refractivity contribution in [2.75, 3.05) is 0 Å². The van der Waals surface area contributed by atoms with E-state index in [-0.39, 0.29) is 12.4 Å². The number of benzene rings is 1. The summed E-state index contributed by atoms with van der Waals surface area (Å²) in [5.41, 5.74) is 1.06. The summed E-state index contributed by atoms with van der Waals surface area (Å²) in [6, 6.07) is 8.23. The molecule has 0 aliphatic carbocycles. The van der Waals surface area contributed by atoms with Crippen LogP contribution < -0.4 is 0 Å². The molecule has 0 saturated carbocycles. The fourth-order valence-corrected chi connectivity index (χ4v) is 2.31. The summed E-state index contributed by atoms with van der Waals surface area (Å²) >= 11 is 1.52. The van der Waals surface area contributed by atoms with Gasteiger partial charge in [-0.25, -0.2) is 9.67 Å². The van der Waals surface area contributed by atoms with Gasteiger partial charge in [-0.1, -0.05) is 18.2 Å². The topological polar surface area (TPSA) is 43.6 Å². The highest BCUT2D eigenvalue weighted by Crippen LogP contribution is 2.22. The summed E-state index contributed by atoms with van der Waals surface area (Å²) in [4.78, 5) is 3.91. The zero-order valence-corrected chi connectivity index (χ0v) is 9.91. The van der Waals surface area contributed by atoms with E-state index in [0.29, 0.717) is 6.54 Å². The van der Waals surface area contributed by atoms with E-state index >= 15 is 0 Å². The molecule has 4 nitrogen and oxygen atoms in total. The Hall–Kier alpha value is -1.46. The molecule has 0 fully saturated rings. The summed E-state index contributed by atoms with van der Waals surface area (Å²) in [6.07, 6.45) is 3.24. The zero-order valence-electron chi connectivity index (χ0n) is 8.28. The predicted octanol–water partition coefficient (Wildman–Crippen LogP) is 2.36. The van der Waals surface area contributed by atoms with Gasteiger partial charge < -0.3 is 0 Å². The first-order valence-corrected chi connectivity index (χ1v) is 5.36. The third-order valence-electron chi connectivity index (χ3n) is 2.23. The van der Waals surface area contributed by atoms with Crippen LogP contribution in [0.4, 0.5) is 0 Å². The molecule has 0 N–H and O–H groups in total. The van der Waals surface area contributed by atoms with Gasteiger partial charge in [-0.15, -0.1) is 12.4 Å². The molecule has 0 spiro atoms. The fraction of sp³-hybridized carbons (Fsp3) is 0.100. The van der Waals surface area contributed by atoms with Crippen LogP contribution in [-0.4, -0.2) is 19.1 Å². The van der Waals surface area contributed by atoms with Crippen molar-refractivity contribution in [3.8, 4) is 0 Å². The first-order chi connectivity index (χ1) is 7.43. The molecule has 16 heavy (non-hydrogen) atoms. The van der Waals surface area contributed by atoms with Crippen molar-refractivity contribution in [1.29, 1.82) is 0 Å². The van der Waals surface area contributed by atoms with E-state index in [4.69, 9.17) is 0 Å². The van der Waals surface area contributed by atoms with E-state index in [1.54, 1.807) is 11.0 Å². The van der Waals surface area contributed by atoms with Gasteiger partial charge in [0, 0.05) is 5.39 Å². The van der Waals surface area contributed by atoms with Gasteiger partial charge in [0.05, 0.1) is 16.9 Å². The molecule has 2 heterocycles. The highest BCUT2D eigenvalue weighted by Gasteiger charge is 2.05. The lowest BCUT2D eigenvalue weighted by molar-refractivity contribution is 0.679. The zero-order chi connectivity index (χ0) is 10.1. The molecule has 2 aromatic heterocycles. The van der Waals surface area contributed by atoms with Crippen molar-refractivity contribution in [3.05, 3.63) is 42.6 Å². The van der Waals surface area contributed by atoms with Crippen molar-refractivity contribution in [3.63, 3.8) is 0 Å². The second-order valence-corrected chi connectivity index (χ2v) is 4.02. The minimum absolute atomic E-state index is 0. The number of nitrogens with zero attached hydrogens (tertiary/aromatic N) is 4. The van der Waals surface area contributed by atoms with Gasteiger partial charge in [-0.3, -0.25) is 0 Å². The molecule has 0 atom stereocenters. The maximum Gasteiger partial charge on any atom is 0.137 e. The maximum absolute atomic E-state index is 4.42. The summed E-state index contributed by atoms with van der Waals surface area (Å²) in [7, 11) is 0. The molecule has 1 aromatic carbocycles. The van der Waals surface area contributed by atoms with E-state index in [1.165, 1.54) is 27.9 Å². The number of fused-ring (bicyclic) bond motifs is 1. The van der Waals surface area contributed by atoms with E-state index in [1.807, 2.05) is 12.1 Å². The Morgan fingerprint density at radius 1 is 1.25 bits per heavy atom. The van der Waals surface area contributed by atoms with Crippen molar-refractivity contribution in [2.45, 2.75) is 6.54 Å². The van der Waals surface area contributed by atoms with Crippen LogP contribution in [0.15, 0.2) is 36.9 Å². The molecule has 0 radical (unpaired) electrons. The Bertz CT molecular complexity index is 575. The molecule has 0 aliphatic rings. The first-order valence-electron chi connectivity index (χ1n) is 4.59. The molecule has 0 saturated heterocycles. The Balaban J connectivity index is 0.000000963. The molecule has 3 aromatic rings. The van der Waals surface area contributed by atoms with Gasteiger partial charge >= 0.3 is 0 Å². The Kier molecular flexibility index (Phi) is 3.17. The van der Waals surface area contributed by atoms with Crippen LogP contribution in [-0.2, 0) is 6.54 Å². The van der Waals surface area contributed by atoms with Gasteiger partial charge in [-0.05, 0) is 17.6 Å². The molecular weight excluding hydrogens is 244 g/mol. The summed E-state index contributed by atoms with van der Waals surface area (Å²) < 4.78 is 7.42. The Labute approximate surface area is 103 Å². The molecule has 82 valence electrons. The minimum Gasteiger partial charge on any atom is -0.247 e. The SMILES string of the molecule is Cl.c1ccc2c(Cn3cncn3)nsc2c1. The second kappa shape index (κ2) is 4.59. The van der Waals surface area contributed by atoms with E-state index in [2.05, 4.69) is 26.6 Å². The third kappa shape index (κ3) is 1.91. The quantitative estimate of drug-likeness (QED) is 0.703. The first kappa shape index (κ1) is 11.0.